The first kappa shape index (κ1) is 8.46. The standard InChI is InChI=1S/C9H11N5O/c10-8-12-13-9-11-6-4-2-1-3-5(6)7(15)14(8)9/h1-4H2,(H2,10,12)(H,11,13). The summed E-state index contributed by atoms with van der Waals surface area (Å²) in [5.41, 5.74) is 7.22. The SMILES string of the molecule is Nc1n[nH]c2nc3c(c(=O)n12)CCCC3. The van der Waals surface area contributed by atoms with Crippen LogP contribution in [0.15, 0.2) is 4.79 Å². The van der Waals surface area contributed by atoms with Gasteiger partial charge in [-0.05, 0) is 25.7 Å². The number of rotatable bonds is 0. The lowest BCUT2D eigenvalue weighted by Crippen LogP contribution is -2.25. The van der Waals surface area contributed by atoms with Crippen LogP contribution in [0.5, 0.6) is 0 Å². The summed E-state index contributed by atoms with van der Waals surface area (Å²) in [7, 11) is 0. The van der Waals surface area contributed by atoms with E-state index in [4.69, 9.17) is 5.73 Å². The zero-order valence-electron chi connectivity index (χ0n) is 8.16. The average molecular weight is 205 g/mol. The maximum atomic E-state index is 12.0. The van der Waals surface area contributed by atoms with E-state index in [-0.39, 0.29) is 11.5 Å². The van der Waals surface area contributed by atoms with Crippen LogP contribution < -0.4 is 11.3 Å². The van der Waals surface area contributed by atoms with Gasteiger partial charge in [0.25, 0.3) is 5.56 Å². The maximum absolute atomic E-state index is 12.0. The predicted octanol–water partition coefficient (Wildman–Crippen LogP) is -0.121. The molecule has 0 bridgehead atoms. The molecule has 2 heterocycles. The molecule has 6 heteroatoms. The summed E-state index contributed by atoms with van der Waals surface area (Å²) in [6, 6.07) is 0. The minimum atomic E-state index is -0.0686. The molecule has 0 aromatic carbocycles. The van der Waals surface area contributed by atoms with E-state index >= 15 is 0 Å². The molecule has 2 aromatic rings. The molecule has 0 saturated carbocycles. The van der Waals surface area contributed by atoms with Gasteiger partial charge >= 0.3 is 0 Å². The zero-order valence-corrected chi connectivity index (χ0v) is 8.16. The highest BCUT2D eigenvalue weighted by Crippen LogP contribution is 2.16. The number of aryl methyl sites for hydroxylation is 1. The lowest BCUT2D eigenvalue weighted by Gasteiger charge is -2.13. The van der Waals surface area contributed by atoms with Crippen molar-refractivity contribution in [3.05, 3.63) is 21.6 Å². The highest BCUT2D eigenvalue weighted by Gasteiger charge is 2.18. The number of H-pyrrole nitrogens is 1. The molecule has 0 fully saturated rings. The smallest absolute Gasteiger partial charge is 0.265 e. The van der Waals surface area contributed by atoms with Crippen molar-refractivity contribution in [2.45, 2.75) is 25.7 Å². The Hall–Kier alpha value is -1.85. The quantitative estimate of drug-likeness (QED) is 0.627. The highest BCUT2D eigenvalue weighted by molar-refractivity contribution is 5.39. The fraction of sp³-hybridized carbons (Fsp3) is 0.444. The third kappa shape index (κ3) is 1.07. The molecular formula is C9H11N5O. The van der Waals surface area contributed by atoms with E-state index in [1.807, 2.05) is 0 Å². The van der Waals surface area contributed by atoms with Gasteiger partial charge in [0.15, 0.2) is 0 Å². The second-order valence-electron chi connectivity index (χ2n) is 3.79. The number of nitrogen functional groups attached to an aromatic ring is 1. The number of anilines is 1. The van der Waals surface area contributed by atoms with E-state index in [9.17, 15) is 4.79 Å². The van der Waals surface area contributed by atoms with E-state index in [1.54, 1.807) is 0 Å². The molecular weight excluding hydrogens is 194 g/mol. The first-order valence-electron chi connectivity index (χ1n) is 5.02. The molecule has 0 aliphatic heterocycles. The fourth-order valence-electron chi connectivity index (χ4n) is 2.10. The van der Waals surface area contributed by atoms with Crippen LogP contribution in [0, 0.1) is 0 Å². The van der Waals surface area contributed by atoms with E-state index in [1.165, 1.54) is 4.40 Å². The van der Waals surface area contributed by atoms with Crippen LogP contribution in [0.2, 0.25) is 0 Å². The molecule has 0 amide bonds. The fourth-order valence-corrected chi connectivity index (χ4v) is 2.10. The molecule has 78 valence electrons. The van der Waals surface area contributed by atoms with Gasteiger partial charge in [0.05, 0.1) is 5.69 Å². The van der Waals surface area contributed by atoms with Gasteiger partial charge in [-0.2, -0.15) is 0 Å². The summed E-state index contributed by atoms with van der Waals surface area (Å²) in [5.74, 6) is 0.619. The Balaban J connectivity index is 2.44. The van der Waals surface area contributed by atoms with Crippen LogP contribution in [0.4, 0.5) is 5.95 Å². The van der Waals surface area contributed by atoms with Gasteiger partial charge < -0.3 is 5.73 Å². The van der Waals surface area contributed by atoms with Gasteiger partial charge in [-0.15, -0.1) is 5.10 Å². The molecule has 1 aliphatic carbocycles. The van der Waals surface area contributed by atoms with E-state index in [0.717, 1.165) is 36.9 Å². The summed E-state index contributed by atoms with van der Waals surface area (Å²) in [6.45, 7) is 0. The van der Waals surface area contributed by atoms with Crippen LogP contribution >= 0.6 is 0 Å². The van der Waals surface area contributed by atoms with E-state index in [0.29, 0.717) is 5.78 Å². The highest BCUT2D eigenvalue weighted by atomic mass is 16.1. The molecule has 0 spiro atoms. The summed E-state index contributed by atoms with van der Waals surface area (Å²) < 4.78 is 1.34. The van der Waals surface area contributed by atoms with Crippen LogP contribution in [-0.4, -0.2) is 19.6 Å². The van der Waals surface area contributed by atoms with E-state index in [2.05, 4.69) is 15.2 Å². The van der Waals surface area contributed by atoms with Crippen molar-refractivity contribution in [3.63, 3.8) is 0 Å². The summed E-state index contributed by atoms with van der Waals surface area (Å²) in [6.07, 6.45) is 3.82. The normalized spacial score (nSPS) is 15.5. The first-order chi connectivity index (χ1) is 7.27. The molecule has 0 saturated heterocycles. The van der Waals surface area contributed by atoms with Crippen molar-refractivity contribution >= 4 is 11.7 Å². The van der Waals surface area contributed by atoms with Gasteiger partial charge in [-0.25, -0.2) is 14.5 Å². The van der Waals surface area contributed by atoms with Crippen LogP contribution in [0.3, 0.4) is 0 Å². The Kier molecular flexibility index (Phi) is 1.59. The number of hydrogen-bond acceptors (Lipinski definition) is 4. The molecule has 15 heavy (non-hydrogen) atoms. The van der Waals surface area contributed by atoms with Gasteiger partial charge in [-0.3, -0.25) is 4.79 Å². The molecule has 0 radical (unpaired) electrons. The minimum Gasteiger partial charge on any atom is -0.368 e. The van der Waals surface area contributed by atoms with Crippen molar-refractivity contribution in [1.29, 1.82) is 0 Å². The number of nitrogens with one attached hydrogen (secondary N) is 1. The second-order valence-corrected chi connectivity index (χ2v) is 3.79. The predicted molar refractivity (Wildman–Crippen MR) is 54.7 cm³/mol. The van der Waals surface area contributed by atoms with E-state index < -0.39 is 0 Å². The Bertz CT molecular complexity index is 582. The molecule has 3 N–H and O–H groups in total. The van der Waals surface area contributed by atoms with Crippen molar-refractivity contribution in [1.82, 2.24) is 19.6 Å². The number of nitrogens with two attached hydrogens (primary N) is 1. The Morgan fingerprint density at radius 3 is 3.00 bits per heavy atom. The number of aromatic amines is 1. The first-order valence-corrected chi connectivity index (χ1v) is 5.02. The third-order valence-electron chi connectivity index (χ3n) is 2.85. The monoisotopic (exact) mass is 205 g/mol. The average Bonchev–Trinajstić information content (AvgIpc) is 2.61. The largest absolute Gasteiger partial charge is 0.368 e. The Morgan fingerprint density at radius 2 is 2.13 bits per heavy atom. The number of hydrogen-bond donors (Lipinski definition) is 2. The summed E-state index contributed by atoms with van der Waals surface area (Å²) in [5, 5.41) is 6.44. The van der Waals surface area contributed by atoms with Crippen LogP contribution in [0.1, 0.15) is 24.1 Å². The summed E-state index contributed by atoms with van der Waals surface area (Å²) in [4.78, 5) is 16.4. The van der Waals surface area contributed by atoms with Crippen molar-refractivity contribution in [2.75, 3.05) is 5.73 Å². The lowest BCUT2D eigenvalue weighted by molar-refractivity contribution is 0.656. The van der Waals surface area contributed by atoms with Gasteiger partial charge in [-0.1, -0.05) is 0 Å². The molecule has 0 unspecified atom stereocenters. The van der Waals surface area contributed by atoms with Gasteiger partial charge in [0.2, 0.25) is 11.7 Å². The van der Waals surface area contributed by atoms with Crippen molar-refractivity contribution in [2.24, 2.45) is 0 Å². The van der Waals surface area contributed by atoms with Crippen molar-refractivity contribution < 1.29 is 0 Å². The lowest BCUT2D eigenvalue weighted by atomic mass is 9.97. The summed E-state index contributed by atoms with van der Waals surface area (Å²) >= 11 is 0. The van der Waals surface area contributed by atoms with Crippen LogP contribution in [-0.2, 0) is 12.8 Å². The van der Waals surface area contributed by atoms with Gasteiger partial charge in [0.1, 0.15) is 0 Å². The maximum Gasteiger partial charge on any atom is 0.265 e. The molecule has 1 aliphatic rings. The molecule has 2 aromatic heterocycles. The Labute approximate surface area is 85.1 Å². The van der Waals surface area contributed by atoms with Gasteiger partial charge in [0, 0.05) is 5.56 Å². The number of aromatic nitrogens is 4. The van der Waals surface area contributed by atoms with Crippen LogP contribution in [0.25, 0.3) is 5.78 Å². The minimum absolute atomic E-state index is 0.0686. The number of fused-ring (bicyclic) bond motifs is 2. The third-order valence-corrected chi connectivity index (χ3v) is 2.85. The second kappa shape index (κ2) is 2.82. The topological polar surface area (TPSA) is 89.1 Å². The molecule has 6 nitrogen and oxygen atoms in total. The Morgan fingerprint density at radius 1 is 1.33 bits per heavy atom. The number of nitrogens with zero attached hydrogens (tertiary/aromatic N) is 3. The molecule has 3 rings (SSSR count). The van der Waals surface area contributed by atoms with Crippen molar-refractivity contribution in [3.8, 4) is 0 Å². The molecule has 0 atom stereocenters. The zero-order chi connectivity index (χ0) is 10.4.